The molecule has 0 aliphatic carbocycles. The summed E-state index contributed by atoms with van der Waals surface area (Å²) < 4.78 is 14.0. The average molecular weight is 326 g/mol. The van der Waals surface area contributed by atoms with E-state index in [2.05, 4.69) is 31.2 Å². The maximum atomic E-state index is 13.7. The summed E-state index contributed by atoms with van der Waals surface area (Å²) in [5.74, 6) is -0.581. The van der Waals surface area contributed by atoms with Crippen molar-refractivity contribution in [3.8, 4) is 0 Å². The van der Waals surface area contributed by atoms with E-state index in [9.17, 15) is 9.18 Å². The molecule has 0 aliphatic rings. The summed E-state index contributed by atoms with van der Waals surface area (Å²) in [5, 5.41) is 2.75. The van der Waals surface area contributed by atoms with Gasteiger partial charge in [0.05, 0.1) is 17.2 Å². The van der Waals surface area contributed by atoms with Gasteiger partial charge in [-0.15, -0.1) is 0 Å². The van der Waals surface area contributed by atoms with Crippen molar-refractivity contribution in [3.63, 3.8) is 0 Å². The number of carbonyl (C=O) groups is 1. The first-order chi connectivity index (χ1) is 9.16. The highest BCUT2D eigenvalue weighted by molar-refractivity contribution is 9.10. The molecular formula is C13H13BrFN3O. The molecule has 1 aromatic carbocycles. The molecule has 2 aromatic rings. The van der Waals surface area contributed by atoms with Crippen molar-refractivity contribution < 1.29 is 9.18 Å². The molecule has 4 nitrogen and oxygen atoms in total. The average Bonchev–Trinajstić information content (AvgIpc) is 2.88. The van der Waals surface area contributed by atoms with Crippen molar-refractivity contribution in [2.75, 3.05) is 6.54 Å². The molecule has 1 heterocycles. The lowest BCUT2D eigenvalue weighted by Crippen LogP contribution is -2.27. The monoisotopic (exact) mass is 325 g/mol. The van der Waals surface area contributed by atoms with Crippen LogP contribution in [0.15, 0.2) is 35.2 Å². The first-order valence-electron chi connectivity index (χ1n) is 5.83. The Kier molecular flexibility index (Phi) is 4.68. The summed E-state index contributed by atoms with van der Waals surface area (Å²) >= 11 is 3.10. The van der Waals surface area contributed by atoms with Crippen LogP contribution in [-0.4, -0.2) is 22.4 Å². The summed E-state index contributed by atoms with van der Waals surface area (Å²) in [6, 6.07) is 4.92. The minimum absolute atomic E-state index is 0.0360. The summed E-state index contributed by atoms with van der Waals surface area (Å²) in [6.07, 6.45) is 4.01. The molecule has 0 saturated heterocycles. The van der Waals surface area contributed by atoms with Gasteiger partial charge in [-0.3, -0.25) is 4.79 Å². The SMILES string of the molecule is O=C(Cc1cccc(Br)c1F)NCCc1cnc[nH]1. The zero-order valence-electron chi connectivity index (χ0n) is 10.1. The topological polar surface area (TPSA) is 57.8 Å². The van der Waals surface area contributed by atoms with Crippen LogP contribution in [0.3, 0.4) is 0 Å². The predicted octanol–water partition coefficient (Wildman–Crippen LogP) is 2.21. The van der Waals surface area contributed by atoms with E-state index < -0.39 is 0 Å². The molecule has 0 atom stereocenters. The number of carbonyl (C=O) groups excluding carboxylic acids is 1. The smallest absolute Gasteiger partial charge is 0.224 e. The Bertz CT molecular complexity index is 557. The Labute approximate surface area is 118 Å². The molecule has 2 N–H and O–H groups in total. The highest BCUT2D eigenvalue weighted by atomic mass is 79.9. The number of halogens is 2. The van der Waals surface area contributed by atoms with Crippen molar-refractivity contribution in [1.29, 1.82) is 0 Å². The molecule has 0 fully saturated rings. The predicted molar refractivity (Wildman–Crippen MR) is 73.1 cm³/mol. The van der Waals surface area contributed by atoms with E-state index in [1.165, 1.54) is 0 Å². The summed E-state index contributed by atoms with van der Waals surface area (Å²) in [4.78, 5) is 18.5. The number of nitrogens with one attached hydrogen (secondary N) is 2. The van der Waals surface area contributed by atoms with Gasteiger partial charge in [0.2, 0.25) is 5.91 Å². The maximum Gasteiger partial charge on any atom is 0.224 e. The summed E-state index contributed by atoms with van der Waals surface area (Å²) in [6.45, 7) is 0.497. The van der Waals surface area contributed by atoms with E-state index in [-0.39, 0.29) is 18.1 Å². The number of amides is 1. The second kappa shape index (κ2) is 6.47. The van der Waals surface area contributed by atoms with Crippen LogP contribution in [0.25, 0.3) is 0 Å². The van der Waals surface area contributed by atoms with Crippen molar-refractivity contribution in [2.45, 2.75) is 12.8 Å². The van der Waals surface area contributed by atoms with Crippen molar-refractivity contribution in [3.05, 3.63) is 52.3 Å². The third-order valence-electron chi connectivity index (χ3n) is 2.65. The van der Waals surface area contributed by atoms with E-state index in [0.717, 1.165) is 5.69 Å². The van der Waals surface area contributed by atoms with Gasteiger partial charge in [0, 0.05) is 24.9 Å². The first kappa shape index (κ1) is 13.7. The molecule has 0 unspecified atom stereocenters. The molecule has 0 spiro atoms. The standard InChI is InChI=1S/C13H13BrFN3O/c14-11-3-1-2-9(13(11)15)6-12(19)17-5-4-10-7-16-8-18-10/h1-3,7-8H,4-6H2,(H,16,18)(H,17,19). The van der Waals surface area contributed by atoms with Crippen LogP contribution < -0.4 is 5.32 Å². The molecular weight excluding hydrogens is 313 g/mol. The second-order valence-corrected chi connectivity index (χ2v) is 4.92. The molecule has 6 heteroatoms. The lowest BCUT2D eigenvalue weighted by atomic mass is 10.1. The maximum absolute atomic E-state index is 13.7. The Morgan fingerprint density at radius 2 is 2.32 bits per heavy atom. The van der Waals surface area contributed by atoms with Crippen LogP contribution in [0.5, 0.6) is 0 Å². The number of aromatic nitrogens is 2. The molecule has 0 bridgehead atoms. The number of H-pyrrole nitrogens is 1. The van der Waals surface area contributed by atoms with Crippen molar-refractivity contribution >= 4 is 21.8 Å². The Morgan fingerprint density at radius 1 is 1.47 bits per heavy atom. The van der Waals surface area contributed by atoms with E-state index >= 15 is 0 Å². The molecule has 0 aliphatic heterocycles. The van der Waals surface area contributed by atoms with Gasteiger partial charge in [-0.2, -0.15) is 0 Å². The normalized spacial score (nSPS) is 10.4. The van der Waals surface area contributed by atoms with Gasteiger partial charge in [0.1, 0.15) is 5.82 Å². The summed E-state index contributed by atoms with van der Waals surface area (Å²) in [7, 11) is 0. The number of hydrogen-bond acceptors (Lipinski definition) is 2. The van der Waals surface area contributed by atoms with Gasteiger partial charge in [-0.1, -0.05) is 12.1 Å². The number of imidazole rings is 1. The third-order valence-corrected chi connectivity index (χ3v) is 3.27. The molecule has 1 amide bonds. The van der Waals surface area contributed by atoms with Gasteiger partial charge in [0.25, 0.3) is 0 Å². The first-order valence-corrected chi connectivity index (χ1v) is 6.63. The van der Waals surface area contributed by atoms with Crippen molar-refractivity contribution in [2.24, 2.45) is 0 Å². The molecule has 0 radical (unpaired) electrons. The van der Waals surface area contributed by atoms with Crippen LogP contribution >= 0.6 is 15.9 Å². The largest absolute Gasteiger partial charge is 0.355 e. The fraction of sp³-hybridized carbons (Fsp3) is 0.231. The highest BCUT2D eigenvalue weighted by Crippen LogP contribution is 2.18. The lowest BCUT2D eigenvalue weighted by Gasteiger charge is -2.06. The van der Waals surface area contributed by atoms with Gasteiger partial charge in [-0.25, -0.2) is 9.37 Å². The Morgan fingerprint density at radius 3 is 3.05 bits per heavy atom. The van der Waals surface area contributed by atoms with Crippen LogP contribution in [0.1, 0.15) is 11.3 Å². The van der Waals surface area contributed by atoms with Crippen LogP contribution in [0.2, 0.25) is 0 Å². The molecule has 1 aromatic heterocycles. The Hall–Kier alpha value is -1.69. The van der Waals surface area contributed by atoms with Gasteiger partial charge in [-0.05, 0) is 27.6 Å². The number of hydrogen-bond donors (Lipinski definition) is 2. The minimum atomic E-state index is -0.383. The molecule has 0 saturated carbocycles. The van der Waals surface area contributed by atoms with Crippen LogP contribution in [-0.2, 0) is 17.6 Å². The van der Waals surface area contributed by atoms with E-state index in [4.69, 9.17) is 0 Å². The van der Waals surface area contributed by atoms with Gasteiger partial charge in [0.15, 0.2) is 0 Å². The van der Waals surface area contributed by atoms with Crippen LogP contribution in [0, 0.1) is 5.82 Å². The molecule has 2 rings (SSSR count). The third kappa shape index (κ3) is 3.89. The zero-order chi connectivity index (χ0) is 13.7. The molecule has 100 valence electrons. The zero-order valence-corrected chi connectivity index (χ0v) is 11.7. The second-order valence-electron chi connectivity index (χ2n) is 4.07. The fourth-order valence-electron chi connectivity index (χ4n) is 1.68. The van der Waals surface area contributed by atoms with Gasteiger partial charge >= 0.3 is 0 Å². The lowest BCUT2D eigenvalue weighted by molar-refractivity contribution is -0.120. The molecule has 19 heavy (non-hydrogen) atoms. The van der Waals surface area contributed by atoms with E-state index in [1.807, 2.05) is 0 Å². The Balaban J connectivity index is 1.82. The van der Waals surface area contributed by atoms with Gasteiger partial charge < -0.3 is 10.3 Å². The quantitative estimate of drug-likeness (QED) is 0.885. The minimum Gasteiger partial charge on any atom is -0.355 e. The number of rotatable bonds is 5. The number of aromatic amines is 1. The van der Waals surface area contributed by atoms with Crippen LogP contribution in [0.4, 0.5) is 4.39 Å². The number of nitrogens with zero attached hydrogens (tertiary/aromatic N) is 1. The van der Waals surface area contributed by atoms with E-state index in [0.29, 0.717) is 23.0 Å². The summed E-state index contributed by atoms with van der Waals surface area (Å²) in [5.41, 5.74) is 1.34. The van der Waals surface area contributed by atoms with E-state index in [1.54, 1.807) is 30.7 Å². The fourth-order valence-corrected chi connectivity index (χ4v) is 2.09. The van der Waals surface area contributed by atoms with Crippen molar-refractivity contribution in [1.82, 2.24) is 15.3 Å². The number of benzene rings is 1. The highest BCUT2D eigenvalue weighted by Gasteiger charge is 2.10.